The minimum absolute atomic E-state index is 0.208. The van der Waals surface area contributed by atoms with Crippen LogP contribution in [0.15, 0.2) is 30.3 Å². The van der Waals surface area contributed by atoms with Crippen molar-refractivity contribution in [1.29, 1.82) is 0 Å². The number of esters is 1. The first-order valence-electron chi connectivity index (χ1n) is 11.8. The zero-order chi connectivity index (χ0) is 25.8. The molecule has 0 amide bonds. The van der Waals surface area contributed by atoms with Crippen LogP contribution in [0.4, 0.5) is 16.9 Å². The lowest BCUT2D eigenvalue weighted by Gasteiger charge is -2.35. The molecule has 2 N–H and O–H groups in total. The fourth-order valence-corrected chi connectivity index (χ4v) is 4.96. The molecule has 0 aliphatic carbocycles. The number of aromatic nitrogens is 3. The van der Waals surface area contributed by atoms with Crippen molar-refractivity contribution < 1.29 is 19.4 Å². The van der Waals surface area contributed by atoms with Gasteiger partial charge in [0.1, 0.15) is 10.7 Å². The zero-order valence-electron chi connectivity index (χ0n) is 20.8. The Morgan fingerprint density at radius 3 is 2.53 bits per heavy atom. The number of nitrogens with zero attached hydrogens (tertiary/aromatic N) is 5. The van der Waals surface area contributed by atoms with Crippen LogP contribution in [0.25, 0.3) is 11.3 Å². The molecule has 1 aliphatic rings. The molecule has 3 heterocycles. The number of ether oxygens (including phenoxy) is 1. The summed E-state index contributed by atoms with van der Waals surface area (Å²) in [5.74, 6) is -0.297. The maximum Gasteiger partial charge on any atom is 0.350 e. The predicted molar refractivity (Wildman–Crippen MR) is 139 cm³/mol. The van der Waals surface area contributed by atoms with E-state index in [9.17, 15) is 14.7 Å². The number of aryl methyl sites for hydroxylation is 1. The molecule has 11 heteroatoms. The third-order valence-electron chi connectivity index (χ3n) is 6.21. The molecule has 10 nitrogen and oxygen atoms in total. The smallest absolute Gasteiger partial charge is 0.350 e. The average Bonchev–Trinajstić information content (AvgIpc) is 3.24. The number of aromatic carboxylic acids is 1. The van der Waals surface area contributed by atoms with Gasteiger partial charge in [-0.15, -0.1) is 0 Å². The number of hydrogen-bond acceptors (Lipinski definition) is 10. The first-order valence-corrected chi connectivity index (χ1v) is 12.6. The van der Waals surface area contributed by atoms with E-state index < -0.39 is 11.9 Å². The summed E-state index contributed by atoms with van der Waals surface area (Å²) in [6.07, 6.45) is 2.05. The standard InChI is InChI=1S/C25H30N6O4S/c1-5-35-23(34)21-15(2)26-25(36-21)29-24-27-19(16-6-8-17(9-7-16)22(32)33)14-20(28-24)31(4)18-10-12-30(3)13-11-18/h6-9,14,18H,5,10-13H2,1-4H3,(H,32,33)(H,26,27,28,29). The molecular weight excluding hydrogens is 480 g/mol. The highest BCUT2D eigenvalue weighted by Crippen LogP contribution is 2.30. The highest BCUT2D eigenvalue weighted by molar-refractivity contribution is 7.17. The summed E-state index contributed by atoms with van der Waals surface area (Å²) < 4.78 is 5.12. The summed E-state index contributed by atoms with van der Waals surface area (Å²) in [4.78, 5) is 42.3. The SMILES string of the molecule is CCOC(=O)c1sc(Nc2nc(-c3ccc(C(=O)O)cc3)cc(N(C)C3CCN(C)CC3)n2)nc1C. The number of nitrogens with one attached hydrogen (secondary N) is 1. The number of anilines is 3. The van der Waals surface area contributed by atoms with E-state index in [0.717, 1.165) is 37.3 Å². The van der Waals surface area contributed by atoms with Gasteiger partial charge in [0, 0.05) is 24.7 Å². The quantitative estimate of drug-likeness (QED) is 0.429. The molecule has 2 aromatic heterocycles. The van der Waals surface area contributed by atoms with Crippen molar-refractivity contribution in [1.82, 2.24) is 19.9 Å². The van der Waals surface area contributed by atoms with E-state index in [2.05, 4.69) is 32.1 Å². The van der Waals surface area contributed by atoms with Crippen molar-refractivity contribution in [3.63, 3.8) is 0 Å². The van der Waals surface area contributed by atoms with Crippen molar-refractivity contribution in [2.24, 2.45) is 0 Å². The van der Waals surface area contributed by atoms with E-state index >= 15 is 0 Å². The van der Waals surface area contributed by atoms with Gasteiger partial charge in [-0.25, -0.2) is 19.6 Å². The number of piperidine rings is 1. The van der Waals surface area contributed by atoms with Crippen LogP contribution in [0, 0.1) is 6.92 Å². The average molecular weight is 511 g/mol. The van der Waals surface area contributed by atoms with Gasteiger partial charge in [0.25, 0.3) is 0 Å². The first-order chi connectivity index (χ1) is 17.2. The van der Waals surface area contributed by atoms with Crippen molar-refractivity contribution >= 4 is 40.2 Å². The number of carboxylic acids is 1. The van der Waals surface area contributed by atoms with Crippen LogP contribution in [0.5, 0.6) is 0 Å². The van der Waals surface area contributed by atoms with Gasteiger partial charge < -0.3 is 19.6 Å². The number of carbonyl (C=O) groups excluding carboxylic acids is 1. The molecule has 4 rings (SSSR count). The molecule has 1 aliphatic heterocycles. The number of carboxylic acid groups (broad SMARTS) is 1. The summed E-state index contributed by atoms with van der Waals surface area (Å²) in [5, 5.41) is 12.9. The first kappa shape index (κ1) is 25.5. The second-order valence-corrected chi connectivity index (χ2v) is 9.74. The van der Waals surface area contributed by atoms with E-state index in [1.807, 2.05) is 13.1 Å². The largest absolute Gasteiger partial charge is 0.478 e. The molecule has 3 aromatic rings. The molecule has 0 bridgehead atoms. The van der Waals surface area contributed by atoms with Crippen molar-refractivity contribution in [3.8, 4) is 11.3 Å². The Labute approximate surface area is 214 Å². The van der Waals surface area contributed by atoms with Crippen molar-refractivity contribution in [2.75, 3.05) is 44.0 Å². The number of thiazole rings is 1. The monoisotopic (exact) mass is 510 g/mol. The Balaban J connectivity index is 1.68. The van der Waals surface area contributed by atoms with E-state index in [4.69, 9.17) is 9.72 Å². The van der Waals surface area contributed by atoms with E-state index in [1.54, 1.807) is 38.1 Å². The Morgan fingerprint density at radius 2 is 1.89 bits per heavy atom. The number of carbonyl (C=O) groups is 2. The zero-order valence-corrected chi connectivity index (χ0v) is 21.6. The number of likely N-dealkylation sites (tertiary alicyclic amines) is 1. The van der Waals surface area contributed by atoms with Gasteiger partial charge in [-0.05, 0) is 59.0 Å². The number of rotatable bonds is 8. The second kappa shape index (κ2) is 11.0. The number of benzene rings is 1. The fraction of sp³-hybridized carbons (Fsp3) is 0.400. The summed E-state index contributed by atoms with van der Waals surface area (Å²) >= 11 is 1.19. The topological polar surface area (TPSA) is 121 Å². The molecule has 0 unspecified atom stereocenters. The molecule has 1 aromatic carbocycles. The normalized spacial score (nSPS) is 14.4. The molecule has 0 radical (unpaired) electrons. The van der Waals surface area contributed by atoms with Gasteiger partial charge in [0.2, 0.25) is 5.95 Å². The number of hydrogen-bond donors (Lipinski definition) is 2. The highest BCUT2D eigenvalue weighted by atomic mass is 32.1. The summed E-state index contributed by atoms with van der Waals surface area (Å²) in [5.41, 5.74) is 2.20. The second-order valence-electron chi connectivity index (χ2n) is 8.74. The minimum Gasteiger partial charge on any atom is -0.478 e. The summed E-state index contributed by atoms with van der Waals surface area (Å²) in [6, 6.07) is 8.84. The van der Waals surface area contributed by atoms with E-state index in [-0.39, 0.29) is 12.2 Å². The van der Waals surface area contributed by atoms with Crippen LogP contribution in [0.1, 0.15) is 45.5 Å². The maximum absolute atomic E-state index is 12.2. The Hall–Kier alpha value is -3.57. The fourth-order valence-electron chi connectivity index (χ4n) is 4.10. The Morgan fingerprint density at radius 1 is 1.19 bits per heavy atom. The van der Waals surface area contributed by atoms with Gasteiger partial charge >= 0.3 is 11.9 Å². The third kappa shape index (κ3) is 5.80. The lowest BCUT2D eigenvalue weighted by atomic mass is 10.0. The molecule has 1 saturated heterocycles. The van der Waals surface area contributed by atoms with Crippen LogP contribution in [-0.2, 0) is 4.74 Å². The van der Waals surface area contributed by atoms with Crippen LogP contribution >= 0.6 is 11.3 Å². The van der Waals surface area contributed by atoms with Gasteiger partial charge in [-0.3, -0.25) is 5.32 Å². The third-order valence-corrected chi connectivity index (χ3v) is 7.27. The summed E-state index contributed by atoms with van der Waals surface area (Å²) in [7, 11) is 4.16. The van der Waals surface area contributed by atoms with Crippen LogP contribution in [-0.4, -0.2) is 76.7 Å². The Kier molecular flexibility index (Phi) is 7.80. The van der Waals surface area contributed by atoms with Crippen molar-refractivity contribution in [2.45, 2.75) is 32.7 Å². The van der Waals surface area contributed by atoms with Gasteiger partial charge in [-0.2, -0.15) is 4.98 Å². The predicted octanol–water partition coefficient (Wildman–Crippen LogP) is 4.06. The molecule has 190 valence electrons. The minimum atomic E-state index is -0.981. The molecular formula is C25H30N6O4S. The van der Waals surface area contributed by atoms with Gasteiger partial charge in [0.15, 0.2) is 5.13 Å². The van der Waals surface area contributed by atoms with Crippen LogP contribution < -0.4 is 10.2 Å². The van der Waals surface area contributed by atoms with Gasteiger partial charge in [-0.1, -0.05) is 23.5 Å². The molecule has 36 heavy (non-hydrogen) atoms. The molecule has 0 saturated carbocycles. The van der Waals surface area contributed by atoms with Crippen molar-refractivity contribution in [3.05, 3.63) is 46.5 Å². The highest BCUT2D eigenvalue weighted by Gasteiger charge is 2.23. The van der Waals surface area contributed by atoms with Gasteiger partial charge in [0.05, 0.1) is 23.6 Å². The molecule has 0 spiro atoms. The van der Waals surface area contributed by atoms with E-state index in [1.165, 1.54) is 11.3 Å². The summed E-state index contributed by atoms with van der Waals surface area (Å²) in [6.45, 7) is 5.84. The van der Waals surface area contributed by atoms with Crippen LogP contribution in [0.2, 0.25) is 0 Å². The lowest BCUT2D eigenvalue weighted by Crippen LogP contribution is -2.42. The molecule has 0 atom stereocenters. The Bertz CT molecular complexity index is 1240. The van der Waals surface area contributed by atoms with Crippen LogP contribution in [0.3, 0.4) is 0 Å². The maximum atomic E-state index is 12.2. The van der Waals surface area contributed by atoms with E-state index in [0.29, 0.717) is 33.4 Å². The lowest BCUT2D eigenvalue weighted by molar-refractivity contribution is 0.0530. The molecule has 1 fully saturated rings.